The number of esters is 3. The second-order valence-corrected chi connectivity index (χ2v) is 19.9. The molecule has 6 nitrogen and oxygen atoms in total. The average Bonchev–Trinajstić information content (AvgIpc) is 3.39. The van der Waals surface area contributed by atoms with E-state index in [0.717, 1.165) is 135 Å². The zero-order valence-corrected chi connectivity index (χ0v) is 47.6. The van der Waals surface area contributed by atoms with Crippen molar-refractivity contribution in [2.45, 2.75) is 284 Å². The molecule has 0 fully saturated rings. The molecule has 0 rings (SSSR count). The second-order valence-electron chi connectivity index (χ2n) is 19.9. The van der Waals surface area contributed by atoms with Crippen molar-refractivity contribution in [1.82, 2.24) is 0 Å². The van der Waals surface area contributed by atoms with Gasteiger partial charge in [0.05, 0.1) is 0 Å². The fourth-order valence-corrected chi connectivity index (χ4v) is 8.22. The number of allylic oxidation sites excluding steroid dienone is 18. The largest absolute Gasteiger partial charge is 0.462 e. The van der Waals surface area contributed by atoms with Crippen molar-refractivity contribution in [2.24, 2.45) is 0 Å². The first-order chi connectivity index (χ1) is 36.0. The highest BCUT2D eigenvalue weighted by molar-refractivity contribution is 5.71. The number of hydrogen-bond acceptors (Lipinski definition) is 6. The van der Waals surface area contributed by atoms with E-state index in [0.29, 0.717) is 19.3 Å². The van der Waals surface area contributed by atoms with Gasteiger partial charge in [-0.3, -0.25) is 14.4 Å². The molecule has 0 aromatic rings. The van der Waals surface area contributed by atoms with Crippen LogP contribution in [0.15, 0.2) is 109 Å². The molecule has 1 unspecified atom stereocenters. The highest BCUT2D eigenvalue weighted by atomic mass is 16.6. The molecule has 0 aromatic carbocycles. The molecule has 0 N–H and O–H groups in total. The van der Waals surface area contributed by atoms with Crippen molar-refractivity contribution in [3.05, 3.63) is 109 Å². The molecule has 416 valence electrons. The summed E-state index contributed by atoms with van der Waals surface area (Å²) in [5.41, 5.74) is 0. The zero-order chi connectivity index (χ0) is 52.9. The highest BCUT2D eigenvalue weighted by Crippen LogP contribution is 2.15. The lowest BCUT2D eigenvalue weighted by atomic mass is 10.0. The van der Waals surface area contributed by atoms with Crippen LogP contribution >= 0.6 is 0 Å². The van der Waals surface area contributed by atoms with E-state index in [9.17, 15) is 14.4 Å². The average molecular weight is 1010 g/mol. The molecule has 1 atom stereocenters. The summed E-state index contributed by atoms with van der Waals surface area (Å²) in [4.78, 5) is 38.2. The molecule has 0 amide bonds. The monoisotopic (exact) mass is 1010 g/mol. The van der Waals surface area contributed by atoms with E-state index < -0.39 is 6.10 Å². The highest BCUT2D eigenvalue weighted by Gasteiger charge is 2.19. The minimum Gasteiger partial charge on any atom is -0.462 e. The molecule has 0 saturated heterocycles. The summed E-state index contributed by atoms with van der Waals surface area (Å²) in [6.07, 6.45) is 82.2. The molecular weight excluding hydrogens is 901 g/mol. The van der Waals surface area contributed by atoms with Gasteiger partial charge in [-0.2, -0.15) is 0 Å². The topological polar surface area (TPSA) is 78.9 Å². The number of carbonyl (C=O) groups excluding carboxylic acids is 3. The smallest absolute Gasteiger partial charge is 0.306 e. The maximum absolute atomic E-state index is 12.9. The Morgan fingerprint density at radius 2 is 0.534 bits per heavy atom. The third kappa shape index (κ3) is 58.8. The molecule has 6 heteroatoms. The number of ether oxygens (including phenoxy) is 3. The van der Waals surface area contributed by atoms with Crippen LogP contribution in [-0.4, -0.2) is 37.2 Å². The summed E-state index contributed by atoms with van der Waals surface area (Å²) >= 11 is 0. The Morgan fingerprint density at radius 1 is 0.288 bits per heavy atom. The second kappa shape index (κ2) is 60.6. The van der Waals surface area contributed by atoms with Gasteiger partial charge in [-0.1, -0.05) is 259 Å². The molecule has 0 spiro atoms. The minimum atomic E-state index is -0.800. The molecule has 0 radical (unpaired) electrons. The van der Waals surface area contributed by atoms with Crippen LogP contribution in [-0.2, 0) is 28.6 Å². The SMILES string of the molecule is CC/C=C\C/C=C\C/C=C\C/C=C\C/C=C\C/C=C\C/C=C\CCCCCC(=O)OCC(COC(=O)CCCCCCCCCCCCCCCC)OC(=O)CCCCCCC/C=C\C/C=C\CCCCCC. The molecule has 0 aliphatic heterocycles. The lowest BCUT2D eigenvalue weighted by molar-refractivity contribution is -0.167. The predicted molar refractivity (Wildman–Crippen MR) is 316 cm³/mol. The molecular formula is C67H112O6. The van der Waals surface area contributed by atoms with E-state index >= 15 is 0 Å². The Balaban J connectivity index is 4.44. The van der Waals surface area contributed by atoms with E-state index in [2.05, 4.69) is 130 Å². The van der Waals surface area contributed by atoms with Crippen LogP contribution in [0.5, 0.6) is 0 Å². The molecule has 0 aromatic heterocycles. The van der Waals surface area contributed by atoms with E-state index in [1.165, 1.54) is 103 Å². The summed E-state index contributed by atoms with van der Waals surface area (Å²) in [6.45, 7) is 6.48. The van der Waals surface area contributed by atoms with Gasteiger partial charge < -0.3 is 14.2 Å². The van der Waals surface area contributed by atoms with E-state index in [1.807, 2.05) is 0 Å². The summed E-state index contributed by atoms with van der Waals surface area (Å²) in [5, 5.41) is 0. The summed E-state index contributed by atoms with van der Waals surface area (Å²) < 4.78 is 16.9. The Morgan fingerprint density at radius 3 is 0.863 bits per heavy atom. The minimum absolute atomic E-state index is 0.0936. The van der Waals surface area contributed by atoms with Gasteiger partial charge in [-0.15, -0.1) is 0 Å². The molecule has 73 heavy (non-hydrogen) atoms. The van der Waals surface area contributed by atoms with E-state index in [1.54, 1.807) is 0 Å². The molecule has 0 bridgehead atoms. The van der Waals surface area contributed by atoms with E-state index in [4.69, 9.17) is 14.2 Å². The summed E-state index contributed by atoms with van der Waals surface area (Å²) in [6, 6.07) is 0. The predicted octanol–water partition coefficient (Wildman–Crippen LogP) is 20.7. The van der Waals surface area contributed by atoms with Crippen molar-refractivity contribution in [3.63, 3.8) is 0 Å². The third-order valence-electron chi connectivity index (χ3n) is 12.8. The van der Waals surface area contributed by atoms with Crippen LogP contribution in [0.3, 0.4) is 0 Å². The van der Waals surface area contributed by atoms with Gasteiger partial charge in [0.25, 0.3) is 0 Å². The first-order valence-electron chi connectivity index (χ1n) is 30.4. The van der Waals surface area contributed by atoms with Gasteiger partial charge in [-0.25, -0.2) is 0 Å². The lowest BCUT2D eigenvalue weighted by Gasteiger charge is -2.18. The van der Waals surface area contributed by atoms with Crippen LogP contribution < -0.4 is 0 Å². The Bertz CT molecular complexity index is 1490. The number of carbonyl (C=O) groups is 3. The van der Waals surface area contributed by atoms with Gasteiger partial charge in [0, 0.05) is 19.3 Å². The fraction of sp³-hybridized carbons (Fsp3) is 0.687. The zero-order valence-electron chi connectivity index (χ0n) is 47.6. The number of hydrogen-bond donors (Lipinski definition) is 0. The van der Waals surface area contributed by atoms with Crippen LogP contribution in [0.2, 0.25) is 0 Å². The number of rotatable bonds is 54. The van der Waals surface area contributed by atoms with E-state index in [-0.39, 0.29) is 31.1 Å². The normalized spacial score (nSPS) is 12.9. The van der Waals surface area contributed by atoms with Gasteiger partial charge >= 0.3 is 17.9 Å². The van der Waals surface area contributed by atoms with Crippen molar-refractivity contribution >= 4 is 17.9 Å². The molecule has 0 saturated carbocycles. The first kappa shape index (κ1) is 69.1. The van der Waals surface area contributed by atoms with Gasteiger partial charge in [-0.05, 0) is 109 Å². The van der Waals surface area contributed by atoms with Gasteiger partial charge in [0.2, 0.25) is 0 Å². The number of unbranched alkanes of at least 4 members (excludes halogenated alkanes) is 25. The third-order valence-corrected chi connectivity index (χ3v) is 12.8. The van der Waals surface area contributed by atoms with Crippen molar-refractivity contribution < 1.29 is 28.6 Å². The summed E-state index contributed by atoms with van der Waals surface area (Å²) in [5.74, 6) is -0.937. The van der Waals surface area contributed by atoms with Crippen molar-refractivity contribution in [3.8, 4) is 0 Å². The first-order valence-corrected chi connectivity index (χ1v) is 30.4. The van der Waals surface area contributed by atoms with Crippen LogP contribution in [0.4, 0.5) is 0 Å². The standard InChI is InChI=1S/C67H112O6/c1-4-7-10-13-16-19-22-25-28-30-31-32-33-34-35-36-37-38-40-42-45-48-51-54-57-60-66(69)72-63-64(62-71-65(68)59-56-53-50-47-44-41-27-24-21-18-15-12-9-6-3)73-67(70)61-58-55-52-49-46-43-39-29-26-23-20-17-14-11-8-5-2/h7,10,16,19-20,23,25,28-29,31-32,34-35,37-39,42,45,64H,4-6,8-9,11-15,17-18,21-22,24,26-27,30,33,36,40-41,43-44,46-63H2,1-3H3/b10-7-,19-16-,23-20-,28-25-,32-31-,35-34-,38-37-,39-29-,45-42-. The van der Waals surface area contributed by atoms with Crippen LogP contribution in [0.1, 0.15) is 278 Å². The molecule has 0 heterocycles. The Labute approximate surface area is 450 Å². The fourth-order valence-electron chi connectivity index (χ4n) is 8.22. The summed E-state index contributed by atoms with van der Waals surface area (Å²) in [7, 11) is 0. The van der Waals surface area contributed by atoms with Crippen LogP contribution in [0.25, 0.3) is 0 Å². The Kier molecular flexibility index (Phi) is 57.4. The van der Waals surface area contributed by atoms with Gasteiger partial charge in [0.1, 0.15) is 13.2 Å². The van der Waals surface area contributed by atoms with Crippen LogP contribution in [0, 0.1) is 0 Å². The van der Waals surface area contributed by atoms with Gasteiger partial charge in [0.15, 0.2) is 6.10 Å². The Hall–Kier alpha value is -3.93. The molecule has 0 aliphatic rings. The van der Waals surface area contributed by atoms with Crippen molar-refractivity contribution in [2.75, 3.05) is 13.2 Å². The maximum atomic E-state index is 12.9. The lowest BCUT2D eigenvalue weighted by Crippen LogP contribution is -2.30. The quantitative estimate of drug-likeness (QED) is 0.0261. The molecule has 0 aliphatic carbocycles. The van der Waals surface area contributed by atoms with Crippen molar-refractivity contribution in [1.29, 1.82) is 0 Å². The maximum Gasteiger partial charge on any atom is 0.306 e.